The predicted molar refractivity (Wildman–Crippen MR) is 86.9 cm³/mol. The van der Waals surface area contributed by atoms with Gasteiger partial charge in [-0.15, -0.1) is 0 Å². The monoisotopic (exact) mass is 328 g/mol. The zero-order chi connectivity index (χ0) is 17.2. The summed E-state index contributed by atoms with van der Waals surface area (Å²) in [4.78, 5) is 24.2. The molecule has 1 unspecified atom stereocenters. The van der Waals surface area contributed by atoms with Gasteiger partial charge in [-0.1, -0.05) is 35.5 Å². The Morgan fingerprint density at radius 3 is 2.67 bits per heavy atom. The Kier molecular flexibility index (Phi) is 4.38. The quantitative estimate of drug-likeness (QED) is 0.879. The first-order valence-electron chi connectivity index (χ1n) is 8.07. The number of carboxylic acids is 1. The third kappa shape index (κ3) is 2.91. The van der Waals surface area contributed by atoms with Crippen molar-refractivity contribution >= 4 is 11.9 Å². The number of nitrogens with zero attached hydrogens (tertiary/aromatic N) is 1. The van der Waals surface area contributed by atoms with Crippen LogP contribution in [-0.4, -0.2) is 28.7 Å². The van der Waals surface area contributed by atoms with Crippen molar-refractivity contribution in [2.75, 3.05) is 6.54 Å². The number of carbonyl (C=O) groups excluding carboxylic acids is 1. The molecule has 1 heterocycles. The standard InChI is InChI=1S/C18H20N2O4/c1-18(17(22)23,12-7-3-2-4-8-12)11-19-16(21)15-13-9-5-6-10-14(13)24-20-15/h2-4,7-8H,5-6,9-11H2,1H3,(H,19,21)(H,22,23). The molecular weight excluding hydrogens is 308 g/mol. The van der Waals surface area contributed by atoms with Crippen molar-refractivity contribution in [3.63, 3.8) is 0 Å². The summed E-state index contributed by atoms with van der Waals surface area (Å²) in [5, 5.41) is 16.2. The Morgan fingerprint density at radius 1 is 1.25 bits per heavy atom. The van der Waals surface area contributed by atoms with E-state index >= 15 is 0 Å². The summed E-state index contributed by atoms with van der Waals surface area (Å²) in [5.74, 6) is -0.600. The molecule has 0 saturated heterocycles. The predicted octanol–water partition coefficient (Wildman–Crippen LogP) is 2.33. The number of aryl methyl sites for hydroxylation is 1. The number of amides is 1. The maximum Gasteiger partial charge on any atom is 0.315 e. The Labute approximate surface area is 139 Å². The summed E-state index contributed by atoms with van der Waals surface area (Å²) in [7, 11) is 0. The van der Waals surface area contributed by atoms with E-state index in [1.165, 1.54) is 0 Å². The largest absolute Gasteiger partial charge is 0.481 e. The number of fused-ring (bicyclic) bond motifs is 1. The molecular formula is C18H20N2O4. The maximum atomic E-state index is 12.5. The molecule has 0 radical (unpaired) electrons. The van der Waals surface area contributed by atoms with Crippen LogP contribution in [0.4, 0.5) is 0 Å². The summed E-state index contributed by atoms with van der Waals surface area (Å²) in [5.41, 5.74) is 0.571. The molecule has 3 rings (SSSR count). The third-order valence-corrected chi connectivity index (χ3v) is 4.65. The number of benzene rings is 1. The fourth-order valence-electron chi connectivity index (χ4n) is 3.01. The first-order chi connectivity index (χ1) is 11.5. The van der Waals surface area contributed by atoms with Crippen molar-refractivity contribution in [1.29, 1.82) is 0 Å². The second-order valence-corrected chi connectivity index (χ2v) is 6.33. The zero-order valence-electron chi connectivity index (χ0n) is 13.5. The second kappa shape index (κ2) is 6.47. The van der Waals surface area contributed by atoms with Gasteiger partial charge in [0.15, 0.2) is 5.69 Å². The second-order valence-electron chi connectivity index (χ2n) is 6.33. The van der Waals surface area contributed by atoms with Gasteiger partial charge in [0.2, 0.25) is 0 Å². The number of hydrogen-bond acceptors (Lipinski definition) is 4. The molecule has 2 N–H and O–H groups in total. The summed E-state index contributed by atoms with van der Waals surface area (Å²) in [6.45, 7) is 1.58. The SMILES string of the molecule is CC(CNC(=O)c1noc2c1CCCC2)(C(=O)O)c1ccccc1. The van der Waals surface area contributed by atoms with Gasteiger partial charge in [-0.05, 0) is 31.7 Å². The minimum atomic E-state index is -1.21. The van der Waals surface area contributed by atoms with Crippen molar-refractivity contribution < 1.29 is 19.2 Å². The molecule has 0 fully saturated rings. The molecule has 6 nitrogen and oxygen atoms in total. The van der Waals surface area contributed by atoms with E-state index in [0.717, 1.165) is 37.0 Å². The molecule has 1 atom stereocenters. The van der Waals surface area contributed by atoms with E-state index in [1.54, 1.807) is 31.2 Å². The molecule has 1 aliphatic carbocycles. The van der Waals surface area contributed by atoms with Gasteiger partial charge < -0.3 is 14.9 Å². The molecule has 1 aromatic carbocycles. The van der Waals surface area contributed by atoms with E-state index in [1.807, 2.05) is 6.07 Å². The van der Waals surface area contributed by atoms with Crippen LogP contribution >= 0.6 is 0 Å². The Balaban J connectivity index is 1.77. The molecule has 0 saturated carbocycles. The average Bonchev–Trinajstić information content (AvgIpc) is 3.04. The van der Waals surface area contributed by atoms with Crippen LogP contribution in [0, 0.1) is 0 Å². The van der Waals surface area contributed by atoms with Gasteiger partial charge >= 0.3 is 5.97 Å². The minimum Gasteiger partial charge on any atom is -0.481 e. The lowest BCUT2D eigenvalue weighted by atomic mass is 9.82. The fraction of sp³-hybridized carbons (Fsp3) is 0.389. The fourth-order valence-corrected chi connectivity index (χ4v) is 3.01. The Bertz CT molecular complexity index is 754. The smallest absolute Gasteiger partial charge is 0.315 e. The van der Waals surface area contributed by atoms with Crippen LogP contribution in [-0.2, 0) is 23.1 Å². The molecule has 1 aromatic heterocycles. The van der Waals surface area contributed by atoms with Crippen LogP contribution < -0.4 is 5.32 Å². The number of aromatic nitrogens is 1. The summed E-state index contributed by atoms with van der Waals surface area (Å²) in [6, 6.07) is 8.89. The van der Waals surface area contributed by atoms with Gasteiger partial charge in [-0.2, -0.15) is 0 Å². The van der Waals surface area contributed by atoms with Gasteiger partial charge in [0.1, 0.15) is 11.2 Å². The molecule has 24 heavy (non-hydrogen) atoms. The van der Waals surface area contributed by atoms with Gasteiger partial charge in [-0.25, -0.2) is 0 Å². The van der Waals surface area contributed by atoms with Crippen LogP contribution in [0.1, 0.15) is 47.1 Å². The van der Waals surface area contributed by atoms with Crippen molar-refractivity contribution in [3.05, 3.63) is 52.9 Å². The normalized spacial score (nSPS) is 16.0. The summed E-state index contributed by atoms with van der Waals surface area (Å²) in [6.07, 6.45) is 3.61. The average molecular weight is 328 g/mol. The van der Waals surface area contributed by atoms with Gasteiger partial charge in [0, 0.05) is 18.5 Å². The van der Waals surface area contributed by atoms with Crippen LogP contribution in [0.3, 0.4) is 0 Å². The lowest BCUT2D eigenvalue weighted by Gasteiger charge is -2.25. The highest BCUT2D eigenvalue weighted by Crippen LogP contribution is 2.26. The maximum absolute atomic E-state index is 12.5. The van der Waals surface area contributed by atoms with Crippen molar-refractivity contribution in [2.45, 2.75) is 38.0 Å². The highest BCUT2D eigenvalue weighted by Gasteiger charge is 2.36. The molecule has 0 bridgehead atoms. The minimum absolute atomic E-state index is 0.0210. The highest BCUT2D eigenvalue weighted by atomic mass is 16.5. The number of rotatable bonds is 5. The number of carboxylic acid groups (broad SMARTS) is 1. The van der Waals surface area contributed by atoms with Crippen molar-refractivity contribution in [1.82, 2.24) is 10.5 Å². The lowest BCUT2D eigenvalue weighted by molar-refractivity contribution is -0.142. The molecule has 6 heteroatoms. The van der Waals surface area contributed by atoms with E-state index in [-0.39, 0.29) is 18.1 Å². The van der Waals surface area contributed by atoms with E-state index in [9.17, 15) is 14.7 Å². The molecule has 126 valence electrons. The zero-order valence-corrected chi connectivity index (χ0v) is 13.5. The van der Waals surface area contributed by atoms with E-state index in [2.05, 4.69) is 10.5 Å². The molecule has 2 aromatic rings. The van der Waals surface area contributed by atoms with Crippen molar-refractivity contribution in [2.24, 2.45) is 0 Å². The number of hydrogen-bond donors (Lipinski definition) is 2. The topological polar surface area (TPSA) is 92.4 Å². The molecule has 1 aliphatic rings. The molecule has 0 spiro atoms. The van der Waals surface area contributed by atoms with Crippen LogP contribution in [0.25, 0.3) is 0 Å². The Hall–Kier alpha value is -2.63. The van der Waals surface area contributed by atoms with Gasteiger partial charge in [-0.3, -0.25) is 9.59 Å². The third-order valence-electron chi connectivity index (χ3n) is 4.65. The van der Waals surface area contributed by atoms with E-state index in [4.69, 9.17) is 4.52 Å². The molecule has 1 amide bonds. The van der Waals surface area contributed by atoms with Crippen LogP contribution in [0.15, 0.2) is 34.9 Å². The lowest BCUT2D eigenvalue weighted by Crippen LogP contribution is -2.44. The van der Waals surface area contributed by atoms with E-state index < -0.39 is 11.4 Å². The summed E-state index contributed by atoms with van der Waals surface area (Å²) >= 11 is 0. The number of carbonyl (C=O) groups is 2. The van der Waals surface area contributed by atoms with E-state index in [0.29, 0.717) is 5.56 Å². The number of nitrogens with one attached hydrogen (secondary N) is 1. The first kappa shape index (κ1) is 16.2. The van der Waals surface area contributed by atoms with Crippen molar-refractivity contribution in [3.8, 4) is 0 Å². The Morgan fingerprint density at radius 2 is 1.96 bits per heavy atom. The molecule has 0 aliphatic heterocycles. The van der Waals surface area contributed by atoms with Gasteiger partial charge in [0.25, 0.3) is 5.91 Å². The number of aliphatic carboxylic acids is 1. The van der Waals surface area contributed by atoms with Crippen LogP contribution in [0.2, 0.25) is 0 Å². The first-order valence-corrected chi connectivity index (χ1v) is 8.07. The summed E-state index contributed by atoms with van der Waals surface area (Å²) < 4.78 is 5.25. The van der Waals surface area contributed by atoms with Gasteiger partial charge in [0.05, 0.1) is 0 Å². The van der Waals surface area contributed by atoms with Crippen LogP contribution in [0.5, 0.6) is 0 Å². The highest BCUT2D eigenvalue weighted by molar-refractivity contribution is 5.94.